The second-order valence-corrected chi connectivity index (χ2v) is 11.5. The summed E-state index contributed by atoms with van der Waals surface area (Å²) in [7, 11) is 0. The molecule has 0 aliphatic carbocycles. The van der Waals surface area contributed by atoms with Gasteiger partial charge in [-0.1, -0.05) is 109 Å². The largest absolute Gasteiger partial charge is 0.309 e. The van der Waals surface area contributed by atoms with E-state index in [0.29, 0.717) is 5.56 Å². The molecule has 0 amide bonds. The maximum atomic E-state index is 9.53. The fourth-order valence-corrected chi connectivity index (χ4v) is 6.91. The number of hydrogen-bond acceptors (Lipinski definition) is 2. The topological polar surface area (TPSA) is 41.6 Å². The Hall–Kier alpha value is -6.24. The summed E-state index contributed by atoms with van der Waals surface area (Å²) in [5.74, 6) is 0. The molecule has 0 bridgehead atoms. The number of aromatic nitrogens is 2. The molecule has 0 spiro atoms. The predicted molar refractivity (Wildman–Crippen MR) is 187 cm³/mol. The van der Waals surface area contributed by atoms with E-state index in [2.05, 4.69) is 150 Å². The van der Waals surface area contributed by atoms with Crippen LogP contribution in [0, 0.1) is 11.3 Å². The third-order valence-electron chi connectivity index (χ3n) is 8.99. The molecule has 0 atom stereocenters. The molecule has 9 aromatic rings. The minimum Gasteiger partial charge on any atom is -0.309 e. The minimum absolute atomic E-state index is 0.669. The SMILES string of the molecule is N#Cc1ccc2c(c1)c1ccccc1n2-c1cccc(-c2ccc(-c3c4ccccc4nc4c3ccc3ccccc34)cc2)c1. The average Bonchev–Trinajstić information content (AvgIpc) is 3.44. The van der Waals surface area contributed by atoms with Gasteiger partial charge in [-0.15, -0.1) is 0 Å². The summed E-state index contributed by atoms with van der Waals surface area (Å²) >= 11 is 0. The molecular formula is C42H25N3. The third kappa shape index (κ3) is 3.94. The van der Waals surface area contributed by atoms with Crippen LogP contribution in [-0.4, -0.2) is 9.55 Å². The first kappa shape index (κ1) is 25.3. The average molecular weight is 572 g/mol. The highest BCUT2D eigenvalue weighted by molar-refractivity contribution is 6.17. The predicted octanol–water partition coefficient (Wildman–Crippen LogP) is 10.8. The summed E-state index contributed by atoms with van der Waals surface area (Å²) in [4.78, 5) is 5.13. The lowest BCUT2D eigenvalue weighted by molar-refractivity contribution is 1.18. The van der Waals surface area contributed by atoms with E-state index in [4.69, 9.17) is 4.98 Å². The van der Waals surface area contributed by atoms with Crippen LogP contribution in [0.5, 0.6) is 0 Å². The zero-order valence-corrected chi connectivity index (χ0v) is 24.3. The molecule has 3 heteroatoms. The highest BCUT2D eigenvalue weighted by atomic mass is 15.0. The quantitative estimate of drug-likeness (QED) is 0.156. The number of rotatable bonds is 3. The zero-order chi connectivity index (χ0) is 29.9. The van der Waals surface area contributed by atoms with Crippen molar-refractivity contribution in [3.05, 3.63) is 157 Å². The molecule has 2 aromatic heterocycles. The van der Waals surface area contributed by atoms with Crippen LogP contribution in [0.25, 0.3) is 82.3 Å². The van der Waals surface area contributed by atoms with Gasteiger partial charge in [-0.2, -0.15) is 5.26 Å². The van der Waals surface area contributed by atoms with Crippen molar-refractivity contribution in [2.75, 3.05) is 0 Å². The van der Waals surface area contributed by atoms with Gasteiger partial charge >= 0.3 is 0 Å². The standard InChI is InChI=1S/C42H25N3/c43-26-27-16-23-40-37(24-27)34-12-4-6-15-39(34)45(40)32-10-7-9-31(25-32)28-17-19-30(20-18-28)41-35-13-3-5-14-38(35)44-42-33-11-2-1-8-29(33)21-22-36(41)42/h1-25H. The van der Waals surface area contributed by atoms with Gasteiger partial charge in [0.1, 0.15) is 0 Å². The first-order valence-electron chi connectivity index (χ1n) is 15.1. The Morgan fingerprint density at radius 2 is 1.22 bits per heavy atom. The number of nitrogens with zero attached hydrogens (tertiary/aromatic N) is 3. The van der Waals surface area contributed by atoms with Crippen LogP contribution in [0.4, 0.5) is 0 Å². The Morgan fingerprint density at radius 1 is 0.489 bits per heavy atom. The molecule has 7 aromatic carbocycles. The van der Waals surface area contributed by atoms with Crippen molar-refractivity contribution in [3.63, 3.8) is 0 Å². The summed E-state index contributed by atoms with van der Waals surface area (Å²) < 4.78 is 2.29. The number of para-hydroxylation sites is 2. The first-order valence-corrected chi connectivity index (χ1v) is 15.1. The number of hydrogen-bond donors (Lipinski definition) is 0. The minimum atomic E-state index is 0.669. The zero-order valence-electron chi connectivity index (χ0n) is 24.3. The van der Waals surface area contributed by atoms with Crippen LogP contribution in [0.1, 0.15) is 5.56 Å². The van der Waals surface area contributed by atoms with E-state index in [1.807, 2.05) is 12.1 Å². The highest BCUT2D eigenvalue weighted by Crippen LogP contribution is 2.39. The molecule has 0 saturated carbocycles. The molecule has 0 unspecified atom stereocenters. The van der Waals surface area contributed by atoms with Crippen LogP contribution < -0.4 is 0 Å². The van der Waals surface area contributed by atoms with E-state index >= 15 is 0 Å². The summed E-state index contributed by atoms with van der Waals surface area (Å²) in [5, 5.41) is 16.4. The lowest BCUT2D eigenvalue weighted by atomic mass is 9.93. The van der Waals surface area contributed by atoms with E-state index in [-0.39, 0.29) is 0 Å². The number of fused-ring (bicyclic) bond motifs is 7. The summed E-state index contributed by atoms with van der Waals surface area (Å²) in [6.07, 6.45) is 0. The van der Waals surface area contributed by atoms with Crippen molar-refractivity contribution in [3.8, 4) is 34.0 Å². The van der Waals surface area contributed by atoms with Gasteiger partial charge in [-0.3, -0.25) is 0 Å². The number of benzene rings is 7. The lowest BCUT2D eigenvalue weighted by Gasteiger charge is -2.14. The van der Waals surface area contributed by atoms with Crippen molar-refractivity contribution in [1.29, 1.82) is 5.26 Å². The van der Waals surface area contributed by atoms with E-state index < -0.39 is 0 Å². The van der Waals surface area contributed by atoms with Gasteiger partial charge in [-0.25, -0.2) is 4.98 Å². The lowest BCUT2D eigenvalue weighted by Crippen LogP contribution is -1.94. The van der Waals surface area contributed by atoms with Crippen molar-refractivity contribution in [1.82, 2.24) is 9.55 Å². The molecule has 3 nitrogen and oxygen atoms in total. The van der Waals surface area contributed by atoms with Gasteiger partial charge in [0.05, 0.1) is 33.7 Å². The maximum absolute atomic E-state index is 9.53. The Balaban J connectivity index is 1.19. The molecule has 0 N–H and O–H groups in total. The molecule has 0 aliphatic heterocycles. The van der Waals surface area contributed by atoms with Gasteiger partial charge in [0, 0.05) is 38.2 Å². The molecule has 0 fully saturated rings. The molecule has 0 radical (unpaired) electrons. The van der Waals surface area contributed by atoms with E-state index in [9.17, 15) is 5.26 Å². The Morgan fingerprint density at radius 3 is 2.09 bits per heavy atom. The number of nitriles is 1. The van der Waals surface area contributed by atoms with E-state index in [1.165, 1.54) is 21.9 Å². The van der Waals surface area contributed by atoms with Crippen LogP contribution in [0.3, 0.4) is 0 Å². The van der Waals surface area contributed by atoms with Crippen LogP contribution in [0.15, 0.2) is 152 Å². The highest BCUT2D eigenvalue weighted by Gasteiger charge is 2.15. The van der Waals surface area contributed by atoms with Crippen molar-refractivity contribution in [2.45, 2.75) is 0 Å². The van der Waals surface area contributed by atoms with Gasteiger partial charge in [0.2, 0.25) is 0 Å². The summed E-state index contributed by atoms with van der Waals surface area (Å²) in [6, 6.07) is 55.6. The summed E-state index contributed by atoms with van der Waals surface area (Å²) in [6.45, 7) is 0. The van der Waals surface area contributed by atoms with E-state index in [1.54, 1.807) is 0 Å². The molecular weight excluding hydrogens is 546 g/mol. The third-order valence-corrected chi connectivity index (χ3v) is 8.99. The second-order valence-electron chi connectivity index (χ2n) is 11.5. The summed E-state index contributed by atoms with van der Waals surface area (Å²) in [5.41, 5.74) is 10.7. The normalized spacial score (nSPS) is 11.5. The smallest absolute Gasteiger partial charge is 0.0991 e. The van der Waals surface area contributed by atoms with Gasteiger partial charge < -0.3 is 4.57 Å². The van der Waals surface area contributed by atoms with Gasteiger partial charge in [-0.05, 0) is 64.5 Å². The van der Waals surface area contributed by atoms with Crippen LogP contribution in [-0.2, 0) is 0 Å². The van der Waals surface area contributed by atoms with Gasteiger partial charge in [0.25, 0.3) is 0 Å². The van der Waals surface area contributed by atoms with E-state index in [0.717, 1.165) is 60.4 Å². The second kappa shape index (κ2) is 9.91. The van der Waals surface area contributed by atoms with Crippen LogP contribution >= 0.6 is 0 Å². The fourth-order valence-electron chi connectivity index (χ4n) is 6.91. The Kier molecular flexibility index (Phi) is 5.57. The molecule has 2 heterocycles. The van der Waals surface area contributed by atoms with Crippen molar-refractivity contribution in [2.24, 2.45) is 0 Å². The number of pyridine rings is 1. The van der Waals surface area contributed by atoms with Crippen LogP contribution in [0.2, 0.25) is 0 Å². The maximum Gasteiger partial charge on any atom is 0.0991 e. The molecule has 0 aliphatic rings. The Labute approximate surface area is 259 Å². The molecule has 208 valence electrons. The van der Waals surface area contributed by atoms with Crippen molar-refractivity contribution >= 4 is 54.4 Å². The fraction of sp³-hybridized carbons (Fsp3) is 0. The molecule has 0 saturated heterocycles. The first-order chi connectivity index (χ1) is 22.3. The molecule has 45 heavy (non-hydrogen) atoms. The monoisotopic (exact) mass is 571 g/mol. The molecule has 9 rings (SSSR count). The Bertz CT molecular complexity index is 2650. The van der Waals surface area contributed by atoms with Gasteiger partial charge in [0.15, 0.2) is 0 Å². The van der Waals surface area contributed by atoms with Crippen molar-refractivity contribution < 1.29 is 0 Å².